The summed E-state index contributed by atoms with van der Waals surface area (Å²) in [4.78, 5) is 35.5. The van der Waals surface area contributed by atoms with E-state index >= 15 is 0 Å². The topological polar surface area (TPSA) is 106 Å². The van der Waals surface area contributed by atoms with Crippen molar-refractivity contribution in [2.24, 2.45) is 0 Å². The van der Waals surface area contributed by atoms with Crippen molar-refractivity contribution in [3.05, 3.63) is 0 Å². The monoisotopic (exact) mass is 328 g/mol. The van der Waals surface area contributed by atoms with Crippen molar-refractivity contribution in [3.63, 3.8) is 0 Å². The van der Waals surface area contributed by atoms with Crippen molar-refractivity contribution < 1.29 is 23.9 Å². The van der Waals surface area contributed by atoms with Crippen molar-refractivity contribution in [2.45, 2.75) is 71.1 Å². The summed E-state index contributed by atoms with van der Waals surface area (Å²) in [6.45, 7) is 5.42. The van der Waals surface area contributed by atoms with E-state index < -0.39 is 29.8 Å². The number of Topliss-reactive ketones (excluding diaryl/α,β-unsaturated/α-hetero) is 1. The van der Waals surface area contributed by atoms with Gasteiger partial charge >= 0.3 is 5.97 Å². The summed E-state index contributed by atoms with van der Waals surface area (Å²) in [7, 11) is 1.44. The highest BCUT2D eigenvalue weighted by Gasteiger charge is 2.27. The van der Waals surface area contributed by atoms with Gasteiger partial charge in [0.15, 0.2) is 5.78 Å². The van der Waals surface area contributed by atoms with E-state index in [1.807, 2.05) is 6.92 Å². The van der Waals surface area contributed by atoms with Gasteiger partial charge in [0.1, 0.15) is 12.1 Å². The second-order valence-corrected chi connectivity index (χ2v) is 5.56. The normalized spacial score (nSPS) is 13.3. The molecule has 7 nitrogen and oxygen atoms in total. The third-order valence-electron chi connectivity index (χ3n) is 3.19. The predicted octanol–water partition coefficient (Wildman–Crippen LogP) is 1.63. The van der Waals surface area contributed by atoms with Gasteiger partial charge in [-0.05, 0) is 26.7 Å². The SMILES string of the molecule is CCCC[C@H](OC)C(=O)N[C@@H](CCC(=O)C=N)C(=O)OC(C)C. The van der Waals surface area contributed by atoms with Crippen LogP contribution in [0.25, 0.3) is 0 Å². The number of carbonyl (C=O) groups excluding carboxylic acids is 3. The summed E-state index contributed by atoms with van der Waals surface area (Å²) in [6, 6.07) is -0.923. The second kappa shape index (κ2) is 11.8. The number of amides is 1. The van der Waals surface area contributed by atoms with Crippen LogP contribution in [0.2, 0.25) is 0 Å². The summed E-state index contributed by atoms with van der Waals surface area (Å²) in [5, 5.41) is 9.49. The average Bonchev–Trinajstić information content (AvgIpc) is 2.50. The molecular formula is C16H28N2O5. The zero-order chi connectivity index (χ0) is 17.8. The number of nitrogens with one attached hydrogen (secondary N) is 2. The summed E-state index contributed by atoms with van der Waals surface area (Å²) in [5.41, 5.74) is 0. The molecule has 0 saturated carbocycles. The average molecular weight is 328 g/mol. The zero-order valence-corrected chi connectivity index (χ0v) is 14.4. The van der Waals surface area contributed by atoms with E-state index in [0.29, 0.717) is 12.6 Å². The van der Waals surface area contributed by atoms with Crippen LogP contribution in [-0.4, -0.2) is 49.2 Å². The molecule has 7 heteroatoms. The number of ether oxygens (including phenoxy) is 2. The van der Waals surface area contributed by atoms with E-state index in [1.165, 1.54) is 7.11 Å². The standard InChI is InChI=1S/C16H28N2O5/c1-5-6-7-14(22-4)15(20)18-13(9-8-12(19)10-17)16(21)23-11(2)3/h10-11,13-14,17H,5-9H2,1-4H3,(H,18,20)/t13-,14-/m0/s1. The molecule has 0 aliphatic heterocycles. The van der Waals surface area contributed by atoms with E-state index in [1.54, 1.807) is 13.8 Å². The van der Waals surface area contributed by atoms with Gasteiger partial charge < -0.3 is 20.2 Å². The lowest BCUT2D eigenvalue weighted by atomic mass is 10.1. The number of esters is 1. The van der Waals surface area contributed by atoms with Crippen LogP contribution in [0, 0.1) is 5.41 Å². The lowest BCUT2D eigenvalue weighted by Crippen LogP contribution is -2.47. The van der Waals surface area contributed by atoms with E-state index in [0.717, 1.165) is 12.8 Å². The summed E-state index contributed by atoms with van der Waals surface area (Å²) in [5.74, 6) is -1.39. The first-order valence-electron chi connectivity index (χ1n) is 7.92. The van der Waals surface area contributed by atoms with Crippen LogP contribution in [0.1, 0.15) is 52.9 Å². The fraction of sp³-hybridized carbons (Fsp3) is 0.750. The molecule has 0 aromatic rings. The zero-order valence-electron chi connectivity index (χ0n) is 14.4. The third-order valence-corrected chi connectivity index (χ3v) is 3.19. The number of unbranched alkanes of at least 4 members (excludes halogenated alkanes) is 1. The Labute approximate surface area is 137 Å². The minimum Gasteiger partial charge on any atom is -0.461 e. The smallest absolute Gasteiger partial charge is 0.328 e. The largest absolute Gasteiger partial charge is 0.461 e. The van der Waals surface area contributed by atoms with E-state index in [4.69, 9.17) is 14.9 Å². The van der Waals surface area contributed by atoms with Crippen molar-refractivity contribution >= 4 is 23.9 Å². The number of methoxy groups -OCH3 is 1. The molecule has 23 heavy (non-hydrogen) atoms. The lowest BCUT2D eigenvalue weighted by Gasteiger charge is -2.21. The Morgan fingerprint density at radius 2 is 1.87 bits per heavy atom. The van der Waals surface area contributed by atoms with Crippen LogP contribution < -0.4 is 5.32 Å². The minimum atomic E-state index is -0.923. The van der Waals surface area contributed by atoms with Gasteiger partial charge in [-0.2, -0.15) is 0 Å². The highest BCUT2D eigenvalue weighted by atomic mass is 16.5. The maximum Gasteiger partial charge on any atom is 0.328 e. The van der Waals surface area contributed by atoms with Crippen LogP contribution in [0.3, 0.4) is 0 Å². The molecule has 0 aromatic heterocycles. The van der Waals surface area contributed by atoms with Gasteiger partial charge in [0.05, 0.1) is 12.3 Å². The Morgan fingerprint density at radius 1 is 1.22 bits per heavy atom. The number of rotatable bonds is 12. The van der Waals surface area contributed by atoms with E-state index in [9.17, 15) is 14.4 Å². The van der Waals surface area contributed by atoms with Gasteiger partial charge in [0.25, 0.3) is 0 Å². The van der Waals surface area contributed by atoms with Crippen LogP contribution >= 0.6 is 0 Å². The van der Waals surface area contributed by atoms with Crippen molar-refractivity contribution in [1.29, 1.82) is 5.41 Å². The number of ketones is 1. The van der Waals surface area contributed by atoms with Gasteiger partial charge in [-0.1, -0.05) is 19.8 Å². The Morgan fingerprint density at radius 3 is 2.35 bits per heavy atom. The first-order chi connectivity index (χ1) is 10.8. The molecule has 0 bridgehead atoms. The first-order valence-corrected chi connectivity index (χ1v) is 7.92. The van der Waals surface area contributed by atoms with Crippen LogP contribution in [-0.2, 0) is 23.9 Å². The molecule has 2 N–H and O–H groups in total. The van der Waals surface area contributed by atoms with Crippen molar-refractivity contribution in [1.82, 2.24) is 5.32 Å². The van der Waals surface area contributed by atoms with Gasteiger partial charge in [0, 0.05) is 13.5 Å². The fourth-order valence-electron chi connectivity index (χ4n) is 1.93. The van der Waals surface area contributed by atoms with E-state index in [-0.39, 0.29) is 18.9 Å². The van der Waals surface area contributed by atoms with Crippen molar-refractivity contribution in [3.8, 4) is 0 Å². The van der Waals surface area contributed by atoms with Crippen LogP contribution in [0.4, 0.5) is 0 Å². The summed E-state index contributed by atoms with van der Waals surface area (Å²) in [6.07, 6.45) is 2.15. The predicted molar refractivity (Wildman–Crippen MR) is 86.5 cm³/mol. The fourth-order valence-corrected chi connectivity index (χ4v) is 1.93. The highest BCUT2D eigenvalue weighted by Crippen LogP contribution is 2.08. The third kappa shape index (κ3) is 9.07. The molecule has 132 valence electrons. The van der Waals surface area contributed by atoms with Gasteiger partial charge in [-0.15, -0.1) is 0 Å². The Kier molecular flexibility index (Phi) is 10.9. The molecule has 0 saturated heterocycles. The summed E-state index contributed by atoms with van der Waals surface area (Å²) >= 11 is 0. The Balaban J connectivity index is 4.82. The molecule has 0 aliphatic carbocycles. The van der Waals surface area contributed by atoms with Gasteiger partial charge in [-0.3, -0.25) is 9.59 Å². The van der Waals surface area contributed by atoms with Gasteiger partial charge in [0.2, 0.25) is 5.91 Å². The molecule has 0 aliphatic rings. The molecular weight excluding hydrogens is 300 g/mol. The molecule has 0 radical (unpaired) electrons. The molecule has 0 fully saturated rings. The molecule has 0 spiro atoms. The number of hydrogen-bond acceptors (Lipinski definition) is 6. The van der Waals surface area contributed by atoms with Gasteiger partial charge in [-0.25, -0.2) is 4.79 Å². The van der Waals surface area contributed by atoms with E-state index in [2.05, 4.69) is 5.32 Å². The molecule has 0 unspecified atom stereocenters. The number of hydrogen-bond donors (Lipinski definition) is 2. The maximum absolute atomic E-state index is 12.2. The Hall–Kier alpha value is -1.76. The Bertz CT molecular complexity index is 409. The minimum absolute atomic E-state index is 0.00570. The molecule has 1 amide bonds. The summed E-state index contributed by atoms with van der Waals surface area (Å²) < 4.78 is 10.3. The molecule has 0 heterocycles. The molecule has 0 rings (SSSR count). The highest BCUT2D eigenvalue weighted by molar-refractivity contribution is 6.26. The quantitative estimate of drug-likeness (QED) is 0.418. The molecule has 2 atom stereocenters. The first kappa shape index (κ1) is 21.2. The molecule has 0 aromatic carbocycles. The number of carbonyl (C=O) groups is 3. The van der Waals surface area contributed by atoms with Crippen LogP contribution in [0.15, 0.2) is 0 Å². The second-order valence-electron chi connectivity index (χ2n) is 5.56. The van der Waals surface area contributed by atoms with Crippen molar-refractivity contribution in [2.75, 3.05) is 7.11 Å². The maximum atomic E-state index is 12.2. The lowest BCUT2D eigenvalue weighted by molar-refractivity contribution is -0.152. The van der Waals surface area contributed by atoms with Crippen LogP contribution in [0.5, 0.6) is 0 Å².